The number of thiophene rings is 1. The van der Waals surface area contributed by atoms with Crippen molar-refractivity contribution in [3.05, 3.63) is 29.6 Å². The van der Waals surface area contributed by atoms with E-state index < -0.39 is 12.1 Å². The first-order valence-electron chi connectivity index (χ1n) is 10.3. The van der Waals surface area contributed by atoms with Gasteiger partial charge in [0.1, 0.15) is 12.4 Å². The number of unbranched alkanes of at least 4 members (excludes halogenated alkanes) is 3. The average Bonchev–Trinajstić information content (AvgIpc) is 3.11. The maximum atomic E-state index is 11.9. The first kappa shape index (κ1) is 21.6. The van der Waals surface area contributed by atoms with Crippen molar-refractivity contribution in [3.63, 3.8) is 0 Å². The van der Waals surface area contributed by atoms with E-state index in [1.165, 1.54) is 4.70 Å². The number of aliphatic carboxylic acids is 1. The largest absolute Gasteiger partial charge is 0.489 e. The Morgan fingerprint density at radius 3 is 2.83 bits per heavy atom. The maximum absolute atomic E-state index is 11.9. The molecule has 2 atom stereocenters. The summed E-state index contributed by atoms with van der Waals surface area (Å²) in [6, 6.07) is 8.26. The molecule has 1 amide bonds. The van der Waals surface area contributed by atoms with Crippen LogP contribution in [0.4, 0.5) is 0 Å². The topological polar surface area (TPSA) is 87.1 Å². The molecule has 1 saturated heterocycles. The highest BCUT2D eigenvalue weighted by molar-refractivity contribution is 7.17. The summed E-state index contributed by atoms with van der Waals surface area (Å²) in [6.45, 7) is 0.981. The number of hydrogen-bond acceptors (Lipinski definition) is 5. The number of likely N-dealkylation sites (tertiary alicyclic amines) is 1. The van der Waals surface area contributed by atoms with Crippen LogP contribution in [-0.2, 0) is 9.59 Å². The monoisotopic (exact) mass is 419 g/mol. The Bertz CT molecular complexity index is 820. The Balaban J connectivity index is 1.32. The van der Waals surface area contributed by atoms with Crippen LogP contribution in [0.3, 0.4) is 0 Å². The molecular formula is C22H29NO5S. The Hall–Kier alpha value is -2.12. The van der Waals surface area contributed by atoms with Crippen molar-refractivity contribution in [2.45, 2.75) is 63.5 Å². The Labute approximate surface area is 175 Å². The first-order valence-corrected chi connectivity index (χ1v) is 11.2. The highest BCUT2D eigenvalue weighted by Crippen LogP contribution is 2.32. The van der Waals surface area contributed by atoms with E-state index in [9.17, 15) is 14.7 Å². The molecule has 6 nitrogen and oxygen atoms in total. The van der Waals surface area contributed by atoms with Gasteiger partial charge in [-0.05, 0) is 37.8 Å². The first-order chi connectivity index (χ1) is 14.0. The Morgan fingerprint density at radius 2 is 2.03 bits per heavy atom. The average molecular weight is 420 g/mol. The van der Waals surface area contributed by atoms with Crippen LogP contribution in [0.15, 0.2) is 29.6 Å². The highest BCUT2D eigenvalue weighted by Gasteiger charge is 2.35. The number of carboxylic acids is 1. The van der Waals surface area contributed by atoms with E-state index in [-0.39, 0.29) is 25.0 Å². The molecule has 0 aliphatic carbocycles. The molecule has 3 rings (SSSR count). The molecule has 2 heterocycles. The van der Waals surface area contributed by atoms with Gasteiger partial charge in [-0.2, -0.15) is 0 Å². The fraction of sp³-hybridized carbons (Fsp3) is 0.545. The molecule has 1 aliphatic heterocycles. The van der Waals surface area contributed by atoms with Crippen LogP contribution in [0, 0.1) is 0 Å². The minimum atomic E-state index is -0.752. The number of hydrogen-bond donors (Lipinski definition) is 2. The molecule has 2 aromatic rings. The van der Waals surface area contributed by atoms with Crippen molar-refractivity contribution >= 4 is 33.3 Å². The van der Waals surface area contributed by atoms with E-state index in [0.717, 1.165) is 43.4 Å². The minimum absolute atomic E-state index is 0.177. The molecule has 2 N–H and O–H groups in total. The van der Waals surface area contributed by atoms with E-state index in [2.05, 4.69) is 6.07 Å². The molecule has 7 heteroatoms. The van der Waals surface area contributed by atoms with Gasteiger partial charge in [0.25, 0.3) is 0 Å². The number of carbonyl (C=O) groups is 2. The number of ether oxygens (including phenoxy) is 1. The second-order valence-corrected chi connectivity index (χ2v) is 8.55. The minimum Gasteiger partial charge on any atom is -0.489 e. The SMILES string of the molecule is O=C(O)CCCCCCN1C(=O)C[C@@H]1CCC(O)COc1csc2ccccc12. The number of rotatable bonds is 13. The summed E-state index contributed by atoms with van der Waals surface area (Å²) in [7, 11) is 0. The van der Waals surface area contributed by atoms with Crippen LogP contribution >= 0.6 is 11.3 Å². The highest BCUT2D eigenvalue weighted by atomic mass is 32.1. The van der Waals surface area contributed by atoms with Gasteiger partial charge < -0.3 is 19.8 Å². The van der Waals surface area contributed by atoms with Gasteiger partial charge in [-0.1, -0.05) is 25.0 Å². The number of fused-ring (bicyclic) bond motifs is 1. The van der Waals surface area contributed by atoms with Crippen LogP contribution < -0.4 is 4.74 Å². The summed E-state index contributed by atoms with van der Waals surface area (Å²) < 4.78 is 6.98. The molecule has 1 fully saturated rings. The Morgan fingerprint density at radius 1 is 1.24 bits per heavy atom. The molecule has 1 aromatic carbocycles. The van der Waals surface area contributed by atoms with Gasteiger partial charge in [0, 0.05) is 40.9 Å². The van der Waals surface area contributed by atoms with Gasteiger partial charge in [-0.3, -0.25) is 9.59 Å². The zero-order valence-corrected chi connectivity index (χ0v) is 17.4. The second-order valence-electron chi connectivity index (χ2n) is 7.64. The van der Waals surface area contributed by atoms with E-state index >= 15 is 0 Å². The van der Waals surface area contributed by atoms with Crippen molar-refractivity contribution in [2.75, 3.05) is 13.2 Å². The van der Waals surface area contributed by atoms with Gasteiger partial charge in [-0.25, -0.2) is 0 Å². The van der Waals surface area contributed by atoms with E-state index in [1.54, 1.807) is 11.3 Å². The number of aliphatic hydroxyl groups is 1. The zero-order chi connectivity index (χ0) is 20.6. The lowest BCUT2D eigenvalue weighted by Crippen LogP contribution is -2.53. The number of β-lactam (4-membered cyclic amide) rings is 1. The number of carbonyl (C=O) groups excluding carboxylic acids is 1. The number of amides is 1. The van der Waals surface area contributed by atoms with Gasteiger partial charge in [0.15, 0.2) is 0 Å². The third kappa shape index (κ3) is 6.18. The number of benzene rings is 1. The maximum Gasteiger partial charge on any atom is 0.303 e. The van der Waals surface area contributed by atoms with Crippen molar-refractivity contribution in [2.24, 2.45) is 0 Å². The van der Waals surface area contributed by atoms with Crippen LogP contribution in [0.5, 0.6) is 5.75 Å². The molecule has 0 bridgehead atoms. The number of aliphatic hydroxyl groups excluding tert-OH is 1. The third-order valence-electron chi connectivity index (χ3n) is 5.42. The molecule has 1 aromatic heterocycles. The molecule has 1 unspecified atom stereocenters. The quantitative estimate of drug-likeness (QED) is 0.378. The lowest BCUT2D eigenvalue weighted by atomic mass is 9.95. The number of carboxylic acid groups (broad SMARTS) is 1. The summed E-state index contributed by atoms with van der Waals surface area (Å²) in [4.78, 5) is 24.3. The zero-order valence-electron chi connectivity index (χ0n) is 16.6. The van der Waals surface area contributed by atoms with Crippen molar-refractivity contribution in [1.82, 2.24) is 4.90 Å². The van der Waals surface area contributed by atoms with Crippen LogP contribution in [0.1, 0.15) is 51.4 Å². The lowest BCUT2D eigenvalue weighted by Gasteiger charge is -2.41. The summed E-state index contributed by atoms with van der Waals surface area (Å²) in [5.74, 6) is 0.238. The molecular weight excluding hydrogens is 390 g/mol. The normalized spacial score (nSPS) is 17.3. The second kappa shape index (κ2) is 10.6. The number of nitrogens with zero attached hydrogens (tertiary/aromatic N) is 1. The molecule has 0 saturated carbocycles. The van der Waals surface area contributed by atoms with E-state index in [4.69, 9.17) is 9.84 Å². The predicted molar refractivity (Wildman–Crippen MR) is 113 cm³/mol. The van der Waals surface area contributed by atoms with Gasteiger partial charge >= 0.3 is 5.97 Å². The van der Waals surface area contributed by atoms with Crippen LogP contribution in [0.25, 0.3) is 10.1 Å². The van der Waals surface area contributed by atoms with Gasteiger partial charge in [0.05, 0.1) is 6.10 Å². The van der Waals surface area contributed by atoms with E-state index in [1.807, 2.05) is 28.5 Å². The van der Waals surface area contributed by atoms with Crippen LogP contribution in [-0.4, -0.2) is 52.3 Å². The van der Waals surface area contributed by atoms with Crippen molar-refractivity contribution in [1.29, 1.82) is 0 Å². The summed E-state index contributed by atoms with van der Waals surface area (Å²) >= 11 is 1.63. The molecule has 0 radical (unpaired) electrons. The molecule has 1 aliphatic rings. The summed E-state index contributed by atoms with van der Waals surface area (Å²) in [5.41, 5.74) is 0. The van der Waals surface area contributed by atoms with Gasteiger partial charge in [-0.15, -0.1) is 11.3 Å². The molecule has 158 valence electrons. The van der Waals surface area contributed by atoms with Crippen molar-refractivity contribution in [3.8, 4) is 5.75 Å². The Kier molecular flexibility index (Phi) is 7.89. The third-order valence-corrected chi connectivity index (χ3v) is 6.36. The van der Waals surface area contributed by atoms with Crippen LogP contribution in [0.2, 0.25) is 0 Å². The van der Waals surface area contributed by atoms with Crippen molar-refractivity contribution < 1.29 is 24.5 Å². The smallest absolute Gasteiger partial charge is 0.303 e. The standard InChI is InChI=1S/C22H29NO5S/c24-17(14-28-19-15-29-20-8-5-4-7-18(19)20)11-10-16-13-21(25)23(16)12-6-2-1-3-9-22(26)27/h4-5,7-8,15-17,24H,1-3,6,9-14H2,(H,26,27)/t16-,17?/m0/s1. The lowest BCUT2D eigenvalue weighted by molar-refractivity contribution is -0.146. The molecule has 0 spiro atoms. The fourth-order valence-corrected chi connectivity index (χ4v) is 4.60. The predicted octanol–water partition coefficient (Wildman–Crippen LogP) is 4.06. The molecule has 29 heavy (non-hydrogen) atoms. The fourth-order valence-electron chi connectivity index (χ4n) is 3.72. The van der Waals surface area contributed by atoms with E-state index in [0.29, 0.717) is 19.3 Å². The van der Waals surface area contributed by atoms with Gasteiger partial charge in [0.2, 0.25) is 5.91 Å². The summed E-state index contributed by atoms with van der Waals surface area (Å²) in [6.07, 6.45) is 5.02. The summed E-state index contributed by atoms with van der Waals surface area (Å²) in [5, 5.41) is 22.0.